The van der Waals surface area contributed by atoms with Crippen LogP contribution in [0.1, 0.15) is 16.7 Å². The van der Waals surface area contributed by atoms with Crippen molar-refractivity contribution in [1.82, 2.24) is 0 Å². The SMILES string of the molecule is Cc1ccccc1S(=O)(=O)O.Nc1cccc(CC(=O)OCc2ccccc2)c1. The van der Waals surface area contributed by atoms with Crippen molar-refractivity contribution in [2.45, 2.75) is 24.8 Å². The van der Waals surface area contributed by atoms with Gasteiger partial charge in [0.05, 0.1) is 11.3 Å². The molecule has 0 aliphatic rings. The van der Waals surface area contributed by atoms with Crippen LogP contribution < -0.4 is 5.73 Å². The summed E-state index contributed by atoms with van der Waals surface area (Å²) in [6.45, 7) is 1.94. The lowest BCUT2D eigenvalue weighted by molar-refractivity contribution is -0.144. The third-order valence-corrected chi connectivity index (χ3v) is 4.93. The maximum Gasteiger partial charge on any atom is 0.310 e. The van der Waals surface area contributed by atoms with Crippen LogP contribution in [0.15, 0.2) is 83.8 Å². The van der Waals surface area contributed by atoms with E-state index < -0.39 is 10.1 Å². The summed E-state index contributed by atoms with van der Waals surface area (Å²) in [7, 11) is -4.03. The lowest BCUT2D eigenvalue weighted by Gasteiger charge is -2.05. The first kappa shape index (κ1) is 22.1. The first-order valence-electron chi connectivity index (χ1n) is 8.83. The Balaban J connectivity index is 0.000000234. The van der Waals surface area contributed by atoms with Gasteiger partial charge in [-0.1, -0.05) is 60.7 Å². The summed E-state index contributed by atoms with van der Waals surface area (Å²) in [5, 5.41) is 0. The van der Waals surface area contributed by atoms with E-state index in [1.807, 2.05) is 42.5 Å². The molecule has 3 rings (SSSR count). The van der Waals surface area contributed by atoms with Gasteiger partial charge in [0.25, 0.3) is 10.1 Å². The molecular weight excluding hydrogens is 390 g/mol. The number of hydrogen-bond donors (Lipinski definition) is 2. The predicted molar refractivity (Wildman–Crippen MR) is 112 cm³/mol. The van der Waals surface area contributed by atoms with Crippen LogP contribution in [0.4, 0.5) is 5.69 Å². The smallest absolute Gasteiger partial charge is 0.310 e. The van der Waals surface area contributed by atoms with Crippen molar-refractivity contribution in [1.29, 1.82) is 0 Å². The number of aryl methyl sites for hydroxylation is 1. The normalized spacial score (nSPS) is 10.6. The number of carbonyl (C=O) groups excluding carboxylic acids is 1. The molecule has 0 fully saturated rings. The molecule has 152 valence electrons. The number of benzene rings is 3. The summed E-state index contributed by atoms with van der Waals surface area (Å²) < 4.78 is 35.1. The molecule has 0 unspecified atom stereocenters. The van der Waals surface area contributed by atoms with Gasteiger partial charge in [-0.15, -0.1) is 0 Å². The largest absolute Gasteiger partial charge is 0.461 e. The lowest BCUT2D eigenvalue weighted by atomic mass is 10.1. The summed E-state index contributed by atoms with van der Waals surface area (Å²) in [5.74, 6) is -0.246. The zero-order chi connectivity index (χ0) is 21.3. The number of ether oxygens (including phenoxy) is 1. The highest BCUT2D eigenvalue weighted by Crippen LogP contribution is 2.12. The molecule has 3 N–H and O–H groups in total. The Bertz CT molecular complexity index is 1050. The van der Waals surface area contributed by atoms with E-state index in [4.69, 9.17) is 15.0 Å². The topological polar surface area (TPSA) is 107 Å². The molecule has 0 radical (unpaired) electrons. The maximum absolute atomic E-state index is 11.6. The molecule has 0 aliphatic carbocycles. The molecule has 3 aromatic carbocycles. The number of nitrogen functional groups attached to an aromatic ring is 1. The fraction of sp³-hybridized carbons (Fsp3) is 0.136. The Hall–Kier alpha value is -3.16. The molecule has 0 saturated heterocycles. The van der Waals surface area contributed by atoms with E-state index in [9.17, 15) is 13.2 Å². The number of anilines is 1. The van der Waals surface area contributed by atoms with Gasteiger partial charge in [0.15, 0.2) is 0 Å². The molecule has 0 spiro atoms. The minimum absolute atomic E-state index is 0.0278. The Morgan fingerprint density at radius 3 is 2.14 bits per heavy atom. The summed E-state index contributed by atoms with van der Waals surface area (Å²) in [4.78, 5) is 11.6. The Morgan fingerprint density at radius 2 is 1.55 bits per heavy atom. The molecule has 0 bridgehead atoms. The van der Waals surface area contributed by atoms with E-state index >= 15 is 0 Å². The van der Waals surface area contributed by atoms with Crippen molar-refractivity contribution >= 4 is 21.8 Å². The summed E-state index contributed by atoms with van der Waals surface area (Å²) in [5.41, 5.74) is 8.71. The van der Waals surface area contributed by atoms with Crippen LogP contribution in [0, 0.1) is 6.92 Å². The molecule has 0 saturated carbocycles. The quantitative estimate of drug-likeness (QED) is 0.374. The van der Waals surface area contributed by atoms with Crippen molar-refractivity contribution in [2.24, 2.45) is 0 Å². The average Bonchev–Trinajstić information content (AvgIpc) is 2.67. The average molecular weight is 413 g/mol. The zero-order valence-electron chi connectivity index (χ0n) is 16.0. The van der Waals surface area contributed by atoms with Crippen LogP contribution in [-0.4, -0.2) is 18.9 Å². The predicted octanol–water partition coefficient (Wildman–Crippen LogP) is 3.80. The Labute approximate surface area is 170 Å². The van der Waals surface area contributed by atoms with Gasteiger partial charge in [-0.05, 0) is 41.8 Å². The number of hydrogen-bond acceptors (Lipinski definition) is 5. The van der Waals surface area contributed by atoms with E-state index in [2.05, 4.69) is 0 Å². The minimum atomic E-state index is -4.03. The van der Waals surface area contributed by atoms with Gasteiger partial charge in [0.2, 0.25) is 0 Å². The van der Waals surface area contributed by atoms with Gasteiger partial charge in [-0.25, -0.2) is 0 Å². The summed E-state index contributed by atoms with van der Waals surface area (Å²) in [6, 6.07) is 23.1. The third-order valence-electron chi connectivity index (χ3n) is 3.91. The van der Waals surface area contributed by atoms with Gasteiger partial charge in [-0.3, -0.25) is 9.35 Å². The van der Waals surface area contributed by atoms with E-state index in [0.717, 1.165) is 11.1 Å². The second kappa shape index (κ2) is 10.4. The highest BCUT2D eigenvalue weighted by atomic mass is 32.2. The monoisotopic (exact) mass is 413 g/mol. The van der Waals surface area contributed by atoms with Gasteiger partial charge < -0.3 is 10.5 Å². The lowest BCUT2D eigenvalue weighted by Crippen LogP contribution is -2.08. The van der Waals surface area contributed by atoms with Crippen LogP contribution in [0.5, 0.6) is 0 Å². The Morgan fingerprint density at radius 1 is 0.931 bits per heavy atom. The molecule has 0 aliphatic heterocycles. The van der Waals surface area contributed by atoms with Crippen LogP contribution in [0.25, 0.3) is 0 Å². The zero-order valence-corrected chi connectivity index (χ0v) is 16.8. The summed E-state index contributed by atoms with van der Waals surface area (Å²) >= 11 is 0. The minimum Gasteiger partial charge on any atom is -0.461 e. The van der Waals surface area contributed by atoms with E-state index in [-0.39, 0.29) is 17.3 Å². The van der Waals surface area contributed by atoms with E-state index in [1.54, 1.807) is 37.3 Å². The number of carbonyl (C=O) groups is 1. The fourth-order valence-corrected chi connectivity index (χ4v) is 3.23. The molecule has 0 aromatic heterocycles. The van der Waals surface area contributed by atoms with Crippen molar-refractivity contribution in [3.8, 4) is 0 Å². The van der Waals surface area contributed by atoms with Crippen molar-refractivity contribution in [3.63, 3.8) is 0 Å². The molecule has 0 heterocycles. The van der Waals surface area contributed by atoms with Crippen molar-refractivity contribution in [3.05, 3.63) is 95.6 Å². The van der Waals surface area contributed by atoms with Crippen LogP contribution >= 0.6 is 0 Å². The molecule has 6 nitrogen and oxygen atoms in total. The maximum atomic E-state index is 11.6. The number of rotatable bonds is 5. The van der Waals surface area contributed by atoms with Gasteiger partial charge in [-0.2, -0.15) is 8.42 Å². The molecular formula is C22H23NO5S. The van der Waals surface area contributed by atoms with Gasteiger partial charge in [0, 0.05) is 5.69 Å². The van der Waals surface area contributed by atoms with Crippen LogP contribution in [0.3, 0.4) is 0 Å². The fourth-order valence-electron chi connectivity index (χ4n) is 2.50. The molecule has 0 atom stereocenters. The van der Waals surface area contributed by atoms with Crippen LogP contribution in [-0.2, 0) is 32.7 Å². The van der Waals surface area contributed by atoms with E-state index in [1.165, 1.54) is 6.07 Å². The first-order valence-corrected chi connectivity index (χ1v) is 10.3. The number of esters is 1. The second-order valence-corrected chi connectivity index (χ2v) is 7.70. The first-order chi connectivity index (χ1) is 13.8. The molecule has 3 aromatic rings. The molecule has 7 heteroatoms. The number of nitrogens with two attached hydrogens (primary N) is 1. The van der Waals surface area contributed by atoms with Gasteiger partial charge in [0.1, 0.15) is 6.61 Å². The third kappa shape index (κ3) is 7.77. The highest BCUT2D eigenvalue weighted by Gasteiger charge is 2.10. The summed E-state index contributed by atoms with van der Waals surface area (Å²) in [6.07, 6.45) is 0.248. The van der Waals surface area contributed by atoms with Crippen LogP contribution in [0.2, 0.25) is 0 Å². The van der Waals surface area contributed by atoms with E-state index in [0.29, 0.717) is 17.9 Å². The molecule has 0 amide bonds. The van der Waals surface area contributed by atoms with Crippen molar-refractivity contribution in [2.75, 3.05) is 5.73 Å². The second-order valence-electron chi connectivity index (χ2n) is 6.31. The molecule has 29 heavy (non-hydrogen) atoms. The highest BCUT2D eigenvalue weighted by molar-refractivity contribution is 7.85. The van der Waals surface area contributed by atoms with Gasteiger partial charge >= 0.3 is 5.97 Å². The van der Waals surface area contributed by atoms with Crippen molar-refractivity contribution < 1.29 is 22.5 Å². The Kier molecular flexibility index (Phi) is 7.94. The standard InChI is InChI=1S/C15H15NO2.C7H8O3S/c16-14-8-4-7-13(9-14)10-15(17)18-11-12-5-2-1-3-6-12;1-6-4-2-3-5-7(6)11(8,9)10/h1-9H,10-11,16H2;2-5H,1H3,(H,8,9,10).